The second kappa shape index (κ2) is 12.5. The summed E-state index contributed by atoms with van der Waals surface area (Å²) < 4.78 is 5.36. The van der Waals surface area contributed by atoms with Crippen LogP contribution in [0.5, 0.6) is 5.75 Å². The molecule has 2 N–H and O–H groups in total. The quantitative estimate of drug-likeness (QED) is 0.332. The summed E-state index contributed by atoms with van der Waals surface area (Å²) in [4.78, 5) is 9.47. The molecule has 2 heterocycles. The summed E-state index contributed by atoms with van der Waals surface area (Å²) in [6.45, 7) is 9.02. The smallest absolute Gasteiger partial charge is 0.191 e. The predicted molar refractivity (Wildman–Crippen MR) is 133 cm³/mol. The van der Waals surface area contributed by atoms with E-state index in [2.05, 4.69) is 50.5 Å². The van der Waals surface area contributed by atoms with E-state index in [0.29, 0.717) is 12.0 Å². The first-order valence-electron chi connectivity index (χ1n) is 10.8. The Morgan fingerprint density at radius 1 is 1.21 bits per heavy atom. The highest BCUT2D eigenvalue weighted by Gasteiger charge is 2.24. The summed E-state index contributed by atoms with van der Waals surface area (Å²) in [5, 5.41) is 7.20. The number of piperidine rings is 1. The van der Waals surface area contributed by atoms with Crippen LogP contribution in [0, 0.1) is 5.92 Å². The molecular formula is C22H38IN5O. The number of halogens is 1. The molecule has 164 valence electrons. The Bertz CT molecular complexity index is 633. The summed E-state index contributed by atoms with van der Waals surface area (Å²) in [6.07, 6.45) is 4.85. The number of guanidine groups is 1. The molecular weight excluding hydrogens is 477 g/mol. The summed E-state index contributed by atoms with van der Waals surface area (Å²) in [6, 6.07) is 8.90. The molecule has 0 aliphatic carbocycles. The van der Waals surface area contributed by atoms with Crippen LogP contribution in [0.25, 0.3) is 0 Å². The van der Waals surface area contributed by atoms with Gasteiger partial charge in [0, 0.05) is 57.6 Å². The van der Waals surface area contributed by atoms with E-state index in [9.17, 15) is 0 Å². The lowest BCUT2D eigenvalue weighted by Gasteiger charge is -2.33. The summed E-state index contributed by atoms with van der Waals surface area (Å²) >= 11 is 0. The second-order valence-corrected chi connectivity index (χ2v) is 8.02. The van der Waals surface area contributed by atoms with E-state index in [0.717, 1.165) is 31.3 Å². The third-order valence-corrected chi connectivity index (χ3v) is 5.95. The zero-order chi connectivity index (χ0) is 19.8. The van der Waals surface area contributed by atoms with Gasteiger partial charge in [0.1, 0.15) is 5.75 Å². The predicted octanol–water partition coefficient (Wildman–Crippen LogP) is 3.18. The van der Waals surface area contributed by atoms with Crippen LogP contribution < -0.4 is 20.3 Å². The van der Waals surface area contributed by atoms with Crippen LogP contribution in [-0.2, 0) is 0 Å². The van der Waals surface area contributed by atoms with Gasteiger partial charge in [-0.1, -0.05) is 13.0 Å². The second-order valence-electron chi connectivity index (χ2n) is 8.02. The van der Waals surface area contributed by atoms with Crippen molar-refractivity contribution in [2.24, 2.45) is 10.9 Å². The molecule has 1 aromatic carbocycles. The summed E-state index contributed by atoms with van der Waals surface area (Å²) in [5.41, 5.74) is 1.25. The largest absolute Gasteiger partial charge is 0.497 e. The number of anilines is 1. The number of nitrogens with one attached hydrogen (secondary N) is 2. The van der Waals surface area contributed by atoms with E-state index >= 15 is 0 Å². The highest BCUT2D eigenvalue weighted by molar-refractivity contribution is 14.0. The van der Waals surface area contributed by atoms with Crippen molar-refractivity contribution in [3.05, 3.63) is 24.3 Å². The van der Waals surface area contributed by atoms with Gasteiger partial charge in [-0.3, -0.25) is 4.99 Å². The molecule has 0 aromatic heterocycles. The van der Waals surface area contributed by atoms with Crippen molar-refractivity contribution in [1.29, 1.82) is 0 Å². The van der Waals surface area contributed by atoms with Gasteiger partial charge in [0.2, 0.25) is 0 Å². The Labute approximate surface area is 193 Å². The average molecular weight is 515 g/mol. The molecule has 29 heavy (non-hydrogen) atoms. The van der Waals surface area contributed by atoms with Crippen LogP contribution in [-0.4, -0.2) is 70.3 Å². The molecule has 3 rings (SSSR count). The van der Waals surface area contributed by atoms with Crippen LogP contribution in [0.4, 0.5) is 5.69 Å². The molecule has 1 aromatic rings. The van der Waals surface area contributed by atoms with E-state index < -0.39 is 0 Å². The number of ether oxygens (including phenoxy) is 1. The number of benzene rings is 1. The van der Waals surface area contributed by atoms with Gasteiger partial charge in [0.25, 0.3) is 0 Å². The Morgan fingerprint density at radius 3 is 2.69 bits per heavy atom. The zero-order valence-corrected chi connectivity index (χ0v) is 20.5. The van der Waals surface area contributed by atoms with Crippen molar-refractivity contribution < 1.29 is 4.74 Å². The first-order valence-corrected chi connectivity index (χ1v) is 10.8. The number of nitrogens with zero attached hydrogens (tertiary/aromatic N) is 3. The fraction of sp³-hybridized carbons (Fsp3) is 0.682. The van der Waals surface area contributed by atoms with Gasteiger partial charge in [0.05, 0.1) is 7.11 Å². The molecule has 2 saturated heterocycles. The van der Waals surface area contributed by atoms with Crippen molar-refractivity contribution >= 4 is 35.6 Å². The topological polar surface area (TPSA) is 52.1 Å². The minimum atomic E-state index is 0. The summed E-state index contributed by atoms with van der Waals surface area (Å²) in [7, 11) is 3.60. The van der Waals surface area contributed by atoms with E-state index in [-0.39, 0.29) is 24.0 Å². The molecule has 2 aliphatic heterocycles. The summed E-state index contributed by atoms with van der Waals surface area (Å²) in [5.74, 6) is 2.51. The minimum Gasteiger partial charge on any atom is -0.497 e. The Kier molecular flexibility index (Phi) is 10.3. The third kappa shape index (κ3) is 7.20. The standard InChI is InChI=1S/C22H37N5O.HI/c1-4-11-26-12-9-19(10-13-26)25-22(23-2)24-16-18-8-14-27(17-18)20-6-5-7-21(15-20)28-3;/h5-7,15,18-19H,4,8-14,16-17H2,1-3H3,(H2,23,24,25);1H. The molecule has 0 saturated carbocycles. The van der Waals surface area contributed by atoms with E-state index in [4.69, 9.17) is 4.74 Å². The van der Waals surface area contributed by atoms with Crippen LogP contribution in [0.3, 0.4) is 0 Å². The fourth-order valence-electron chi connectivity index (χ4n) is 4.29. The fourth-order valence-corrected chi connectivity index (χ4v) is 4.29. The maximum atomic E-state index is 5.36. The molecule has 1 atom stereocenters. The normalized spacial score (nSPS) is 21.0. The molecule has 0 spiro atoms. The lowest BCUT2D eigenvalue weighted by atomic mass is 10.1. The van der Waals surface area contributed by atoms with E-state index in [1.807, 2.05) is 13.1 Å². The third-order valence-electron chi connectivity index (χ3n) is 5.95. The van der Waals surface area contributed by atoms with Crippen LogP contribution in [0.2, 0.25) is 0 Å². The van der Waals surface area contributed by atoms with Crippen molar-refractivity contribution in [2.45, 2.75) is 38.6 Å². The monoisotopic (exact) mass is 515 g/mol. The van der Waals surface area contributed by atoms with Crippen molar-refractivity contribution in [3.63, 3.8) is 0 Å². The molecule has 2 aliphatic rings. The Balaban J connectivity index is 0.00000300. The first kappa shape index (κ1) is 24.1. The number of hydrogen-bond donors (Lipinski definition) is 2. The number of likely N-dealkylation sites (tertiary alicyclic amines) is 1. The van der Waals surface area contributed by atoms with Gasteiger partial charge in [-0.2, -0.15) is 0 Å². The molecule has 6 nitrogen and oxygen atoms in total. The molecule has 2 fully saturated rings. The van der Waals surface area contributed by atoms with Crippen molar-refractivity contribution in [3.8, 4) is 5.75 Å². The van der Waals surface area contributed by atoms with Crippen molar-refractivity contribution in [1.82, 2.24) is 15.5 Å². The molecule has 0 radical (unpaired) electrons. The van der Waals surface area contributed by atoms with Gasteiger partial charge in [-0.25, -0.2) is 0 Å². The Hall–Kier alpha value is -1.22. The van der Waals surface area contributed by atoms with Gasteiger partial charge < -0.3 is 25.2 Å². The maximum Gasteiger partial charge on any atom is 0.191 e. The highest BCUT2D eigenvalue weighted by Crippen LogP contribution is 2.26. The number of methoxy groups -OCH3 is 1. The molecule has 0 bridgehead atoms. The Morgan fingerprint density at radius 2 is 2.00 bits per heavy atom. The van der Waals surface area contributed by atoms with Gasteiger partial charge in [-0.05, 0) is 50.3 Å². The molecule has 7 heteroatoms. The highest BCUT2D eigenvalue weighted by atomic mass is 127. The zero-order valence-electron chi connectivity index (χ0n) is 18.2. The average Bonchev–Trinajstić information content (AvgIpc) is 3.22. The number of rotatable bonds is 7. The first-order chi connectivity index (χ1) is 13.7. The van der Waals surface area contributed by atoms with E-state index in [1.165, 1.54) is 51.0 Å². The molecule has 0 amide bonds. The number of hydrogen-bond acceptors (Lipinski definition) is 4. The van der Waals surface area contributed by atoms with E-state index in [1.54, 1.807) is 7.11 Å². The van der Waals surface area contributed by atoms with Gasteiger partial charge in [0.15, 0.2) is 5.96 Å². The lowest BCUT2D eigenvalue weighted by Crippen LogP contribution is -2.49. The van der Waals surface area contributed by atoms with Gasteiger partial charge >= 0.3 is 0 Å². The van der Waals surface area contributed by atoms with Crippen LogP contribution >= 0.6 is 24.0 Å². The number of aliphatic imine (C=N–C) groups is 1. The van der Waals surface area contributed by atoms with Crippen molar-refractivity contribution in [2.75, 3.05) is 58.3 Å². The van der Waals surface area contributed by atoms with Crippen LogP contribution in [0.1, 0.15) is 32.6 Å². The van der Waals surface area contributed by atoms with Gasteiger partial charge in [-0.15, -0.1) is 24.0 Å². The minimum absolute atomic E-state index is 0. The van der Waals surface area contributed by atoms with Crippen LogP contribution in [0.15, 0.2) is 29.3 Å². The molecule has 1 unspecified atom stereocenters. The maximum absolute atomic E-state index is 5.36. The SMILES string of the molecule is CCCN1CCC(NC(=NC)NCC2CCN(c3cccc(OC)c3)C2)CC1.I. The lowest BCUT2D eigenvalue weighted by molar-refractivity contribution is 0.206.